The van der Waals surface area contributed by atoms with Crippen LogP contribution in [-0.2, 0) is 0 Å². The Balaban J connectivity index is 1.39. The van der Waals surface area contributed by atoms with Crippen LogP contribution in [0.4, 0.5) is 22.0 Å². The lowest BCUT2D eigenvalue weighted by Gasteiger charge is -2.38. The Morgan fingerprint density at radius 3 is 1.94 bits per heavy atom. The van der Waals surface area contributed by atoms with Crippen LogP contribution in [0.2, 0.25) is 0 Å². The molecule has 192 valence electrons. The van der Waals surface area contributed by atoms with Crippen molar-refractivity contribution in [2.75, 3.05) is 0 Å². The smallest absolute Gasteiger partial charge is 0.399 e. The summed E-state index contributed by atoms with van der Waals surface area (Å²) in [6.45, 7) is 2.20. The van der Waals surface area contributed by atoms with Crippen molar-refractivity contribution in [1.29, 1.82) is 0 Å². The van der Waals surface area contributed by atoms with Gasteiger partial charge in [0.05, 0.1) is 0 Å². The van der Waals surface area contributed by atoms with Gasteiger partial charge in [-0.2, -0.15) is 0 Å². The summed E-state index contributed by atoms with van der Waals surface area (Å²) in [4.78, 5) is 0. The average molecular weight is 487 g/mol. The zero-order valence-corrected chi connectivity index (χ0v) is 20.3. The molecule has 1 aromatic rings. The summed E-state index contributed by atoms with van der Waals surface area (Å²) in [5.74, 6) is -1.70. The maximum absolute atomic E-state index is 14.1. The molecule has 2 saturated carbocycles. The number of unbranched alkanes of at least 4 members (excludes halogenated alkanes) is 3. The lowest BCUT2D eigenvalue weighted by atomic mass is 9.68. The average Bonchev–Trinajstić information content (AvgIpc) is 2.81. The van der Waals surface area contributed by atoms with Crippen LogP contribution in [0, 0.1) is 29.4 Å². The molecule has 2 aliphatic carbocycles. The lowest BCUT2D eigenvalue weighted by molar-refractivity contribution is -0.276. The molecule has 0 aromatic heterocycles. The third-order valence-corrected chi connectivity index (χ3v) is 7.89. The zero-order valence-electron chi connectivity index (χ0n) is 20.3. The second-order valence-corrected chi connectivity index (χ2v) is 10.3. The molecule has 2 aliphatic rings. The number of ether oxygens (including phenoxy) is 1. The van der Waals surface area contributed by atoms with Gasteiger partial charge >= 0.3 is 6.36 Å². The molecule has 0 aliphatic heterocycles. The lowest BCUT2D eigenvalue weighted by Crippen LogP contribution is -2.25. The number of hydrogen-bond donors (Lipinski definition) is 0. The van der Waals surface area contributed by atoms with E-state index in [4.69, 9.17) is 0 Å². The summed E-state index contributed by atoms with van der Waals surface area (Å²) in [6.07, 6.45) is 15.9. The first-order valence-electron chi connectivity index (χ1n) is 13.2. The van der Waals surface area contributed by atoms with E-state index in [0.29, 0.717) is 11.5 Å². The highest BCUT2D eigenvalue weighted by molar-refractivity contribution is 5.33. The van der Waals surface area contributed by atoms with E-state index in [0.717, 1.165) is 49.7 Å². The molecule has 1 nitrogen and oxygen atoms in total. The first-order valence-corrected chi connectivity index (χ1v) is 13.2. The third kappa shape index (κ3) is 8.27. The maximum atomic E-state index is 14.1. The predicted octanol–water partition coefficient (Wildman–Crippen LogP) is 9.86. The van der Waals surface area contributed by atoms with Crippen molar-refractivity contribution in [3.05, 3.63) is 41.5 Å². The highest BCUT2D eigenvalue weighted by Gasteiger charge is 2.35. The van der Waals surface area contributed by atoms with Crippen LogP contribution < -0.4 is 4.74 Å². The predicted molar refractivity (Wildman–Crippen MR) is 126 cm³/mol. The monoisotopic (exact) mass is 486 g/mol. The summed E-state index contributed by atoms with van der Waals surface area (Å²) >= 11 is 0. The van der Waals surface area contributed by atoms with Crippen LogP contribution in [0.15, 0.2) is 24.3 Å². The number of hydrogen-bond acceptors (Lipinski definition) is 1. The van der Waals surface area contributed by atoms with Crippen LogP contribution in [0.25, 0.3) is 0 Å². The van der Waals surface area contributed by atoms with E-state index in [2.05, 4.69) is 23.8 Å². The minimum Gasteiger partial charge on any atom is -0.399 e. The van der Waals surface area contributed by atoms with Gasteiger partial charge in [0.15, 0.2) is 11.6 Å². The van der Waals surface area contributed by atoms with Gasteiger partial charge in [-0.05, 0) is 99.2 Å². The number of allylic oxidation sites excluding steroid dienone is 2. The molecule has 0 spiro atoms. The number of benzene rings is 1. The zero-order chi connectivity index (χ0) is 24.6. The van der Waals surface area contributed by atoms with E-state index < -0.39 is 23.7 Å². The Kier molecular flexibility index (Phi) is 10.3. The fourth-order valence-corrected chi connectivity index (χ4v) is 6.00. The molecule has 0 heterocycles. The molecule has 0 saturated heterocycles. The van der Waals surface area contributed by atoms with Gasteiger partial charge < -0.3 is 4.74 Å². The Labute approximate surface area is 201 Å². The van der Waals surface area contributed by atoms with Crippen molar-refractivity contribution in [2.24, 2.45) is 17.8 Å². The van der Waals surface area contributed by atoms with Gasteiger partial charge in [-0.1, -0.05) is 51.2 Å². The largest absolute Gasteiger partial charge is 0.573 e. The normalized spacial score (nSPS) is 26.2. The van der Waals surface area contributed by atoms with Crippen LogP contribution in [0.3, 0.4) is 0 Å². The molecule has 0 unspecified atom stereocenters. The van der Waals surface area contributed by atoms with Crippen LogP contribution >= 0.6 is 0 Å². The van der Waals surface area contributed by atoms with E-state index in [1.807, 2.05) is 0 Å². The third-order valence-electron chi connectivity index (χ3n) is 7.89. The van der Waals surface area contributed by atoms with E-state index in [9.17, 15) is 22.0 Å². The van der Waals surface area contributed by atoms with Crippen LogP contribution in [-0.4, -0.2) is 6.36 Å². The molecular weight excluding hydrogens is 447 g/mol. The molecule has 34 heavy (non-hydrogen) atoms. The molecule has 6 heteroatoms. The molecule has 0 bridgehead atoms. The number of rotatable bonds is 10. The maximum Gasteiger partial charge on any atom is 0.573 e. The van der Waals surface area contributed by atoms with Crippen molar-refractivity contribution in [3.8, 4) is 5.75 Å². The summed E-state index contributed by atoms with van der Waals surface area (Å²) in [5.41, 5.74) is 0.441. The summed E-state index contributed by atoms with van der Waals surface area (Å²) in [7, 11) is 0. The Bertz CT molecular complexity index is 748. The fourth-order valence-electron chi connectivity index (χ4n) is 6.00. The highest BCUT2D eigenvalue weighted by atomic mass is 19.4. The standard InChI is InChI=1S/C28H39F5O/c1-2-3-4-5-6-7-8-9-20-10-12-21(13-11-20)22-14-16-23(17-15-22)24-18-25(29)27(26(30)19-24)34-28(31,32)33/h4-5,18-23H,2-3,6-17H2,1H3. The SMILES string of the molecule is CCCC=CCCCCC1CCC(C2CCC(c3cc(F)c(OC(F)(F)F)c(F)c3)CC2)CC1. The second kappa shape index (κ2) is 12.9. The van der Waals surface area contributed by atoms with Crippen molar-refractivity contribution >= 4 is 0 Å². The topological polar surface area (TPSA) is 9.23 Å². The van der Waals surface area contributed by atoms with Gasteiger partial charge in [0.25, 0.3) is 0 Å². The van der Waals surface area contributed by atoms with E-state index in [1.165, 1.54) is 64.2 Å². The molecule has 0 amide bonds. The first kappa shape index (κ1) is 27.0. The van der Waals surface area contributed by atoms with E-state index >= 15 is 0 Å². The molecular formula is C28H39F5O. The summed E-state index contributed by atoms with van der Waals surface area (Å²) in [6, 6.07) is 2.03. The molecule has 3 rings (SSSR count). The molecule has 0 radical (unpaired) electrons. The minimum atomic E-state index is -5.12. The van der Waals surface area contributed by atoms with Gasteiger partial charge in [-0.15, -0.1) is 13.2 Å². The van der Waals surface area contributed by atoms with Crippen molar-refractivity contribution in [2.45, 2.75) is 109 Å². The van der Waals surface area contributed by atoms with E-state index in [1.54, 1.807) is 0 Å². The summed E-state index contributed by atoms with van der Waals surface area (Å²) < 4.78 is 68.9. The number of halogens is 5. The highest BCUT2D eigenvalue weighted by Crippen LogP contribution is 2.45. The Hall–Kier alpha value is -1.59. The molecule has 2 fully saturated rings. The van der Waals surface area contributed by atoms with Crippen LogP contribution in [0.1, 0.15) is 108 Å². The fraction of sp³-hybridized carbons (Fsp3) is 0.714. The Morgan fingerprint density at radius 1 is 0.824 bits per heavy atom. The second-order valence-electron chi connectivity index (χ2n) is 10.3. The van der Waals surface area contributed by atoms with Crippen LogP contribution in [0.5, 0.6) is 5.75 Å². The van der Waals surface area contributed by atoms with Gasteiger partial charge in [0.2, 0.25) is 5.75 Å². The molecule has 0 atom stereocenters. The van der Waals surface area contributed by atoms with Crippen molar-refractivity contribution < 1.29 is 26.7 Å². The van der Waals surface area contributed by atoms with Gasteiger partial charge in [-0.25, -0.2) is 8.78 Å². The number of alkyl halides is 3. The van der Waals surface area contributed by atoms with Gasteiger partial charge in [0.1, 0.15) is 0 Å². The first-order chi connectivity index (χ1) is 16.3. The van der Waals surface area contributed by atoms with Crippen molar-refractivity contribution in [3.63, 3.8) is 0 Å². The molecule has 1 aromatic carbocycles. The Morgan fingerprint density at radius 2 is 1.38 bits per heavy atom. The summed E-state index contributed by atoms with van der Waals surface area (Å²) in [5, 5.41) is 0. The van der Waals surface area contributed by atoms with Crippen molar-refractivity contribution in [1.82, 2.24) is 0 Å². The van der Waals surface area contributed by atoms with Gasteiger partial charge in [-0.3, -0.25) is 0 Å². The molecule has 0 N–H and O–H groups in total. The minimum absolute atomic E-state index is 0.0112. The van der Waals surface area contributed by atoms with E-state index in [-0.39, 0.29) is 5.92 Å². The van der Waals surface area contributed by atoms with Gasteiger partial charge in [0, 0.05) is 0 Å². The quantitative estimate of drug-likeness (QED) is 0.182.